The number of hydrogen-bond acceptors (Lipinski definition) is 3. The molecule has 1 N–H and O–H groups in total. The molecule has 0 aromatic rings. The Labute approximate surface area is 68.3 Å². The van der Waals surface area contributed by atoms with Crippen molar-refractivity contribution in [2.45, 2.75) is 26.4 Å². The molecule has 0 amide bonds. The monoisotopic (exact) mass is 162 g/mol. The summed E-state index contributed by atoms with van der Waals surface area (Å²) in [4.78, 5) is 0. The molecule has 0 aliphatic rings. The van der Waals surface area contributed by atoms with Crippen LogP contribution in [0.25, 0.3) is 0 Å². The highest BCUT2D eigenvalue weighted by atomic mass is 16.5. The summed E-state index contributed by atoms with van der Waals surface area (Å²) in [6.07, 6.45) is 0.721. The largest absolute Gasteiger partial charge is 0.396 e. The molecule has 0 saturated heterocycles. The molecule has 0 radical (unpaired) electrons. The Hall–Kier alpha value is -0.120. The summed E-state index contributed by atoms with van der Waals surface area (Å²) in [5.74, 6) is 0. The van der Waals surface area contributed by atoms with Gasteiger partial charge in [0.2, 0.25) is 0 Å². The number of aliphatic hydroxyl groups excluding tert-OH is 1. The van der Waals surface area contributed by atoms with Crippen LogP contribution < -0.4 is 0 Å². The van der Waals surface area contributed by atoms with Gasteiger partial charge < -0.3 is 14.6 Å². The minimum Gasteiger partial charge on any atom is -0.396 e. The summed E-state index contributed by atoms with van der Waals surface area (Å²) in [5, 5.41) is 8.63. The van der Waals surface area contributed by atoms with Gasteiger partial charge in [0.25, 0.3) is 0 Å². The number of aliphatic hydroxyl groups is 1. The van der Waals surface area contributed by atoms with E-state index in [1.54, 1.807) is 0 Å². The van der Waals surface area contributed by atoms with Gasteiger partial charge in [-0.2, -0.15) is 0 Å². The molecule has 0 fully saturated rings. The molecule has 0 rings (SSSR count). The molecule has 3 heteroatoms. The number of ether oxygens (including phenoxy) is 2. The van der Waals surface area contributed by atoms with E-state index in [-0.39, 0.29) is 12.7 Å². The fourth-order valence-electron chi connectivity index (χ4n) is 0.844. The molecule has 0 saturated carbocycles. The van der Waals surface area contributed by atoms with Crippen LogP contribution in [0, 0.1) is 0 Å². The fourth-order valence-corrected chi connectivity index (χ4v) is 0.844. The van der Waals surface area contributed by atoms with Crippen molar-refractivity contribution in [2.75, 3.05) is 26.4 Å². The zero-order valence-corrected chi connectivity index (χ0v) is 7.38. The summed E-state index contributed by atoms with van der Waals surface area (Å²) >= 11 is 0. The van der Waals surface area contributed by atoms with Gasteiger partial charge in [-0.05, 0) is 20.3 Å². The van der Waals surface area contributed by atoms with Crippen LogP contribution in [0.4, 0.5) is 0 Å². The minimum absolute atomic E-state index is 0.0601. The highest BCUT2D eigenvalue weighted by molar-refractivity contribution is 4.54. The van der Waals surface area contributed by atoms with Gasteiger partial charge in [0.1, 0.15) is 0 Å². The van der Waals surface area contributed by atoms with Crippen molar-refractivity contribution >= 4 is 0 Å². The predicted octanol–water partition coefficient (Wildman–Crippen LogP) is 0.810. The molecule has 0 aliphatic carbocycles. The van der Waals surface area contributed by atoms with Crippen LogP contribution in [0.15, 0.2) is 0 Å². The third-order valence-electron chi connectivity index (χ3n) is 1.36. The van der Waals surface area contributed by atoms with Gasteiger partial charge in [-0.3, -0.25) is 0 Å². The van der Waals surface area contributed by atoms with Gasteiger partial charge in [-0.1, -0.05) is 0 Å². The lowest BCUT2D eigenvalue weighted by molar-refractivity contribution is -0.0193. The van der Waals surface area contributed by atoms with E-state index in [0.717, 1.165) is 0 Å². The van der Waals surface area contributed by atoms with E-state index in [2.05, 4.69) is 0 Å². The Bertz CT molecular complexity index is 69.7. The summed E-state index contributed by atoms with van der Waals surface area (Å²) in [6.45, 7) is 6.02. The second-order valence-electron chi connectivity index (χ2n) is 2.25. The highest BCUT2D eigenvalue weighted by Crippen LogP contribution is 1.98. The molecule has 0 aromatic heterocycles. The first-order valence-electron chi connectivity index (χ1n) is 4.15. The van der Waals surface area contributed by atoms with E-state index in [1.165, 1.54) is 0 Å². The molecular weight excluding hydrogens is 144 g/mol. The first-order chi connectivity index (χ1) is 5.35. The normalized spacial score (nSPS) is 13.4. The molecule has 68 valence electrons. The Balaban J connectivity index is 3.34. The van der Waals surface area contributed by atoms with Crippen molar-refractivity contribution in [3.8, 4) is 0 Å². The first kappa shape index (κ1) is 10.9. The third-order valence-corrected chi connectivity index (χ3v) is 1.36. The van der Waals surface area contributed by atoms with E-state index in [4.69, 9.17) is 14.6 Å². The zero-order chi connectivity index (χ0) is 8.53. The van der Waals surface area contributed by atoms with Crippen LogP contribution in [0.1, 0.15) is 20.3 Å². The quantitative estimate of drug-likeness (QED) is 0.602. The van der Waals surface area contributed by atoms with E-state index >= 15 is 0 Å². The number of hydrogen-bond donors (Lipinski definition) is 1. The van der Waals surface area contributed by atoms with Crippen molar-refractivity contribution in [1.29, 1.82) is 0 Å². The Kier molecular flexibility index (Phi) is 7.89. The van der Waals surface area contributed by atoms with E-state index < -0.39 is 0 Å². The molecule has 0 aromatic carbocycles. The molecule has 1 atom stereocenters. The minimum atomic E-state index is 0.0601. The summed E-state index contributed by atoms with van der Waals surface area (Å²) in [6, 6.07) is 0. The molecule has 3 nitrogen and oxygen atoms in total. The summed E-state index contributed by atoms with van der Waals surface area (Å²) in [7, 11) is 0. The Morgan fingerprint density at radius 2 is 2.00 bits per heavy atom. The van der Waals surface area contributed by atoms with Crippen LogP contribution >= 0.6 is 0 Å². The van der Waals surface area contributed by atoms with Gasteiger partial charge in [0, 0.05) is 19.8 Å². The topological polar surface area (TPSA) is 38.7 Å². The van der Waals surface area contributed by atoms with Crippen LogP contribution in [0.3, 0.4) is 0 Å². The molecule has 1 unspecified atom stereocenters. The third kappa shape index (κ3) is 6.28. The van der Waals surface area contributed by atoms with Gasteiger partial charge in [-0.15, -0.1) is 0 Å². The number of rotatable bonds is 7. The fraction of sp³-hybridized carbons (Fsp3) is 1.00. The molecule has 0 aliphatic heterocycles. The van der Waals surface area contributed by atoms with Gasteiger partial charge in [0.15, 0.2) is 0 Å². The van der Waals surface area contributed by atoms with E-state index in [1.807, 2.05) is 13.8 Å². The van der Waals surface area contributed by atoms with Crippen LogP contribution in [0.5, 0.6) is 0 Å². The van der Waals surface area contributed by atoms with Gasteiger partial charge in [0.05, 0.1) is 12.7 Å². The maximum atomic E-state index is 8.63. The molecule has 0 heterocycles. The van der Waals surface area contributed by atoms with Crippen LogP contribution in [0.2, 0.25) is 0 Å². The second-order valence-corrected chi connectivity index (χ2v) is 2.25. The zero-order valence-electron chi connectivity index (χ0n) is 7.38. The average molecular weight is 162 g/mol. The standard InChI is InChI=1S/C8H18O3/c1-3-10-7-8(5-6-9)11-4-2/h8-9H,3-7H2,1-2H3. The van der Waals surface area contributed by atoms with Gasteiger partial charge >= 0.3 is 0 Å². The predicted molar refractivity (Wildman–Crippen MR) is 43.6 cm³/mol. The average Bonchev–Trinajstić information content (AvgIpc) is 2.01. The van der Waals surface area contributed by atoms with Crippen LogP contribution in [-0.2, 0) is 9.47 Å². The Morgan fingerprint density at radius 3 is 2.45 bits per heavy atom. The smallest absolute Gasteiger partial charge is 0.0830 e. The maximum absolute atomic E-state index is 8.63. The Morgan fingerprint density at radius 1 is 1.27 bits per heavy atom. The van der Waals surface area contributed by atoms with E-state index in [9.17, 15) is 0 Å². The summed E-state index contributed by atoms with van der Waals surface area (Å²) < 4.78 is 10.5. The van der Waals surface area contributed by atoms with Crippen molar-refractivity contribution in [3.63, 3.8) is 0 Å². The van der Waals surface area contributed by atoms with E-state index in [0.29, 0.717) is 26.2 Å². The maximum Gasteiger partial charge on any atom is 0.0830 e. The second kappa shape index (κ2) is 7.98. The lowest BCUT2D eigenvalue weighted by atomic mass is 10.3. The molecule has 0 spiro atoms. The first-order valence-corrected chi connectivity index (χ1v) is 4.15. The molecule has 0 bridgehead atoms. The highest BCUT2D eigenvalue weighted by Gasteiger charge is 2.06. The van der Waals surface area contributed by atoms with Crippen molar-refractivity contribution in [2.24, 2.45) is 0 Å². The summed E-state index contributed by atoms with van der Waals surface area (Å²) in [5.41, 5.74) is 0. The molecule has 11 heavy (non-hydrogen) atoms. The lowest BCUT2D eigenvalue weighted by Crippen LogP contribution is -2.21. The SMILES string of the molecule is CCOCC(CCO)OCC. The lowest BCUT2D eigenvalue weighted by Gasteiger charge is -2.14. The van der Waals surface area contributed by atoms with Crippen molar-refractivity contribution < 1.29 is 14.6 Å². The van der Waals surface area contributed by atoms with Crippen LogP contribution in [-0.4, -0.2) is 37.6 Å². The van der Waals surface area contributed by atoms with Crippen molar-refractivity contribution in [3.05, 3.63) is 0 Å². The van der Waals surface area contributed by atoms with Crippen molar-refractivity contribution in [1.82, 2.24) is 0 Å². The van der Waals surface area contributed by atoms with Gasteiger partial charge in [-0.25, -0.2) is 0 Å². The molecular formula is C8H18O3.